The van der Waals surface area contributed by atoms with Gasteiger partial charge in [0.25, 0.3) is 5.91 Å². The number of rotatable bonds is 5. The average Bonchev–Trinajstić information content (AvgIpc) is 2.52. The SMILES string of the molecule is Cc1ccc(C(C)C)c(OCC(=O)n2ccccc2=NC(C)C)c1. The van der Waals surface area contributed by atoms with Gasteiger partial charge in [-0.15, -0.1) is 0 Å². The van der Waals surface area contributed by atoms with Crippen LogP contribution in [0.25, 0.3) is 0 Å². The molecule has 0 aliphatic carbocycles. The maximum Gasteiger partial charge on any atom is 0.270 e. The summed E-state index contributed by atoms with van der Waals surface area (Å²) < 4.78 is 7.39. The Morgan fingerprint density at radius 3 is 2.58 bits per heavy atom. The van der Waals surface area contributed by atoms with Crippen molar-refractivity contribution in [2.24, 2.45) is 4.99 Å². The average molecular weight is 326 g/mol. The zero-order chi connectivity index (χ0) is 17.7. The molecule has 4 heteroatoms. The Balaban J connectivity index is 2.23. The topological polar surface area (TPSA) is 43.6 Å². The van der Waals surface area contributed by atoms with Crippen LogP contribution in [0.1, 0.15) is 49.5 Å². The summed E-state index contributed by atoms with van der Waals surface area (Å²) in [6.45, 7) is 10.2. The van der Waals surface area contributed by atoms with Crippen LogP contribution in [0, 0.1) is 6.92 Å². The molecule has 0 atom stereocenters. The molecule has 4 nitrogen and oxygen atoms in total. The number of carbonyl (C=O) groups excluding carboxylic acids is 1. The van der Waals surface area contributed by atoms with Gasteiger partial charge in [0.05, 0.1) is 0 Å². The predicted octanol–water partition coefficient (Wildman–Crippen LogP) is 3.95. The Labute approximate surface area is 143 Å². The fraction of sp³-hybridized carbons (Fsp3) is 0.400. The van der Waals surface area contributed by atoms with E-state index in [1.54, 1.807) is 10.8 Å². The Bertz CT molecular complexity index is 773. The summed E-state index contributed by atoms with van der Waals surface area (Å²) in [6, 6.07) is 11.8. The molecule has 2 rings (SSSR count). The summed E-state index contributed by atoms with van der Waals surface area (Å²) >= 11 is 0. The fourth-order valence-corrected chi connectivity index (χ4v) is 2.47. The summed E-state index contributed by atoms with van der Waals surface area (Å²) in [5.41, 5.74) is 2.87. The van der Waals surface area contributed by atoms with Crippen molar-refractivity contribution in [2.75, 3.05) is 6.61 Å². The van der Waals surface area contributed by atoms with E-state index in [1.807, 2.05) is 45.0 Å². The molecular formula is C20H26N2O2. The molecule has 0 fully saturated rings. The normalized spacial score (nSPS) is 12.0. The van der Waals surface area contributed by atoms with Gasteiger partial charge in [0, 0.05) is 12.2 Å². The van der Waals surface area contributed by atoms with Crippen molar-refractivity contribution in [1.29, 1.82) is 0 Å². The van der Waals surface area contributed by atoms with Crippen molar-refractivity contribution in [2.45, 2.75) is 46.6 Å². The number of pyridine rings is 1. The van der Waals surface area contributed by atoms with Crippen molar-refractivity contribution < 1.29 is 9.53 Å². The van der Waals surface area contributed by atoms with E-state index >= 15 is 0 Å². The number of aromatic nitrogens is 1. The van der Waals surface area contributed by atoms with E-state index in [4.69, 9.17) is 4.74 Å². The maximum absolute atomic E-state index is 12.6. The van der Waals surface area contributed by atoms with E-state index in [0.717, 1.165) is 16.9 Å². The monoisotopic (exact) mass is 326 g/mol. The Morgan fingerprint density at radius 2 is 1.92 bits per heavy atom. The molecule has 0 amide bonds. The minimum Gasteiger partial charge on any atom is -0.483 e. The molecular weight excluding hydrogens is 300 g/mol. The molecule has 1 heterocycles. The Morgan fingerprint density at radius 1 is 1.17 bits per heavy atom. The number of nitrogens with zero attached hydrogens (tertiary/aromatic N) is 2. The van der Waals surface area contributed by atoms with E-state index in [9.17, 15) is 4.79 Å². The van der Waals surface area contributed by atoms with E-state index in [0.29, 0.717) is 11.4 Å². The molecule has 0 N–H and O–H groups in total. The highest BCUT2D eigenvalue weighted by atomic mass is 16.5. The molecule has 1 aromatic carbocycles. The number of hydrogen-bond acceptors (Lipinski definition) is 3. The van der Waals surface area contributed by atoms with E-state index in [1.165, 1.54) is 0 Å². The van der Waals surface area contributed by atoms with Gasteiger partial charge in [0.15, 0.2) is 6.61 Å². The van der Waals surface area contributed by atoms with Crippen LogP contribution in [-0.2, 0) is 0 Å². The summed E-state index contributed by atoms with van der Waals surface area (Å²) in [7, 11) is 0. The number of benzene rings is 1. The molecule has 0 aliphatic heterocycles. The molecule has 2 aromatic rings. The number of aryl methyl sites for hydroxylation is 1. The fourth-order valence-electron chi connectivity index (χ4n) is 2.47. The summed E-state index contributed by atoms with van der Waals surface area (Å²) in [4.78, 5) is 17.0. The van der Waals surface area contributed by atoms with Gasteiger partial charge in [-0.3, -0.25) is 14.4 Å². The zero-order valence-corrected chi connectivity index (χ0v) is 15.1. The lowest BCUT2D eigenvalue weighted by molar-refractivity contribution is 0.0830. The molecule has 1 aromatic heterocycles. The third-order valence-corrected chi connectivity index (χ3v) is 3.64. The molecule has 0 saturated carbocycles. The quantitative estimate of drug-likeness (QED) is 0.835. The summed E-state index contributed by atoms with van der Waals surface area (Å²) in [6.07, 6.45) is 1.73. The van der Waals surface area contributed by atoms with Crippen molar-refractivity contribution >= 4 is 5.91 Å². The van der Waals surface area contributed by atoms with Gasteiger partial charge in [-0.1, -0.05) is 32.0 Å². The third-order valence-electron chi connectivity index (χ3n) is 3.64. The van der Waals surface area contributed by atoms with Gasteiger partial charge in [-0.25, -0.2) is 0 Å². The first-order valence-corrected chi connectivity index (χ1v) is 8.36. The van der Waals surface area contributed by atoms with E-state index < -0.39 is 0 Å². The van der Waals surface area contributed by atoms with Crippen molar-refractivity contribution in [1.82, 2.24) is 4.57 Å². The first kappa shape index (κ1) is 18.0. The number of carbonyl (C=O) groups is 1. The van der Waals surface area contributed by atoms with E-state index in [2.05, 4.69) is 31.0 Å². The lowest BCUT2D eigenvalue weighted by Gasteiger charge is -2.15. The minimum atomic E-state index is -0.133. The third kappa shape index (κ3) is 4.57. The van der Waals surface area contributed by atoms with Crippen molar-refractivity contribution in [3.8, 4) is 5.75 Å². The predicted molar refractivity (Wildman–Crippen MR) is 96.5 cm³/mol. The van der Waals surface area contributed by atoms with Crippen LogP contribution in [0.5, 0.6) is 5.75 Å². The van der Waals surface area contributed by atoms with Gasteiger partial charge >= 0.3 is 0 Å². The number of ether oxygens (including phenoxy) is 1. The van der Waals surface area contributed by atoms with Crippen LogP contribution in [0.2, 0.25) is 0 Å². The highest BCUT2D eigenvalue weighted by molar-refractivity contribution is 5.80. The van der Waals surface area contributed by atoms with Crippen LogP contribution in [-0.4, -0.2) is 23.1 Å². The van der Waals surface area contributed by atoms with Gasteiger partial charge < -0.3 is 4.74 Å². The second kappa shape index (κ2) is 7.95. The number of hydrogen-bond donors (Lipinski definition) is 0. The lowest BCUT2D eigenvalue weighted by Crippen LogP contribution is -2.31. The van der Waals surface area contributed by atoms with Crippen molar-refractivity contribution in [3.05, 3.63) is 59.2 Å². The molecule has 0 spiro atoms. The summed E-state index contributed by atoms with van der Waals surface area (Å²) in [5, 5.41) is 0. The smallest absolute Gasteiger partial charge is 0.270 e. The highest BCUT2D eigenvalue weighted by Gasteiger charge is 2.11. The largest absolute Gasteiger partial charge is 0.483 e. The molecule has 0 saturated heterocycles. The molecule has 24 heavy (non-hydrogen) atoms. The first-order valence-electron chi connectivity index (χ1n) is 8.36. The lowest BCUT2D eigenvalue weighted by atomic mass is 10.0. The van der Waals surface area contributed by atoms with Crippen molar-refractivity contribution in [3.63, 3.8) is 0 Å². The van der Waals surface area contributed by atoms with Crippen LogP contribution in [0.3, 0.4) is 0 Å². The molecule has 128 valence electrons. The molecule has 0 bridgehead atoms. The highest BCUT2D eigenvalue weighted by Crippen LogP contribution is 2.27. The van der Waals surface area contributed by atoms with Crippen LogP contribution in [0.15, 0.2) is 47.6 Å². The second-order valence-electron chi connectivity index (χ2n) is 6.53. The van der Waals surface area contributed by atoms with Gasteiger partial charge in [-0.2, -0.15) is 0 Å². The van der Waals surface area contributed by atoms with Crippen LogP contribution in [0.4, 0.5) is 0 Å². The molecule has 0 unspecified atom stereocenters. The maximum atomic E-state index is 12.6. The second-order valence-corrected chi connectivity index (χ2v) is 6.53. The standard InChI is InChI=1S/C20H26N2O2/c1-14(2)17-10-9-16(5)12-18(17)24-13-20(23)22-11-7-6-8-19(22)21-15(3)4/h6-12,14-15H,13H2,1-5H3. The van der Waals surface area contributed by atoms with Crippen LogP contribution >= 0.6 is 0 Å². The first-order chi connectivity index (χ1) is 11.4. The van der Waals surface area contributed by atoms with Gasteiger partial charge in [-0.05, 0) is 56.0 Å². The van der Waals surface area contributed by atoms with Crippen LogP contribution < -0.4 is 10.2 Å². The Kier molecular flexibility index (Phi) is 5.96. The molecule has 0 aliphatic rings. The zero-order valence-electron chi connectivity index (χ0n) is 15.1. The van der Waals surface area contributed by atoms with E-state index in [-0.39, 0.29) is 18.6 Å². The molecule has 0 radical (unpaired) electrons. The van der Waals surface area contributed by atoms with Gasteiger partial charge in [0.1, 0.15) is 11.2 Å². The minimum absolute atomic E-state index is 0.0154. The van der Waals surface area contributed by atoms with Gasteiger partial charge in [0.2, 0.25) is 0 Å². The summed E-state index contributed by atoms with van der Waals surface area (Å²) in [5.74, 6) is 0.982. The Hall–Kier alpha value is -2.36.